The zero-order chi connectivity index (χ0) is 20.1. The highest BCUT2D eigenvalue weighted by molar-refractivity contribution is 5.81. The van der Waals surface area contributed by atoms with Crippen LogP contribution in [0.25, 0.3) is 0 Å². The Morgan fingerprint density at radius 3 is 2.82 bits per heavy atom. The van der Waals surface area contributed by atoms with E-state index in [1.54, 1.807) is 20.4 Å². The van der Waals surface area contributed by atoms with Crippen molar-refractivity contribution in [3.8, 4) is 11.5 Å². The van der Waals surface area contributed by atoms with Crippen molar-refractivity contribution in [2.45, 2.75) is 25.2 Å². The zero-order valence-corrected chi connectivity index (χ0v) is 15.8. The number of nitrogen functional groups attached to an aromatic ring is 1. The molecule has 1 aliphatic heterocycles. The van der Waals surface area contributed by atoms with Crippen molar-refractivity contribution in [3.63, 3.8) is 0 Å². The van der Waals surface area contributed by atoms with Crippen molar-refractivity contribution >= 4 is 23.9 Å². The average molecular weight is 385 g/mol. The maximum Gasteiger partial charge on any atom is 0.258 e. The minimum atomic E-state index is -0.326. The van der Waals surface area contributed by atoms with Gasteiger partial charge in [0.15, 0.2) is 17.3 Å². The second-order valence-corrected chi connectivity index (χ2v) is 6.42. The Morgan fingerprint density at radius 1 is 1.29 bits per heavy atom. The molecule has 1 atom stereocenters. The molecule has 9 nitrogen and oxygen atoms in total. The maximum absolute atomic E-state index is 12.1. The number of nitrogens with one attached hydrogen (secondary N) is 2. The SMILES string of the molecule is COc1ccc(CCCC(=O)NCC2C=Nc3nc(N)[nH]c(=O)c32)cc1OC. The van der Waals surface area contributed by atoms with Gasteiger partial charge in [0.2, 0.25) is 11.9 Å². The van der Waals surface area contributed by atoms with Crippen molar-refractivity contribution in [1.29, 1.82) is 0 Å². The van der Waals surface area contributed by atoms with E-state index in [2.05, 4.69) is 20.3 Å². The van der Waals surface area contributed by atoms with E-state index in [1.807, 2.05) is 18.2 Å². The summed E-state index contributed by atoms with van der Waals surface area (Å²) in [6.07, 6.45) is 3.41. The number of aliphatic imine (C=N–C) groups is 1. The fourth-order valence-corrected chi connectivity index (χ4v) is 3.11. The number of amides is 1. The predicted octanol–water partition coefficient (Wildman–Crippen LogP) is 1.31. The minimum absolute atomic E-state index is 0.0285. The van der Waals surface area contributed by atoms with Gasteiger partial charge in [-0.3, -0.25) is 14.6 Å². The number of ether oxygens (including phenoxy) is 2. The van der Waals surface area contributed by atoms with Crippen LogP contribution in [0.3, 0.4) is 0 Å². The first-order valence-electron chi connectivity index (χ1n) is 8.93. The van der Waals surface area contributed by atoms with Crippen LogP contribution in [0, 0.1) is 0 Å². The van der Waals surface area contributed by atoms with Gasteiger partial charge < -0.3 is 20.5 Å². The Hall–Kier alpha value is -3.36. The number of hydrogen-bond acceptors (Lipinski definition) is 7. The first kappa shape index (κ1) is 19.4. The second kappa shape index (κ2) is 8.55. The third-order valence-corrected chi connectivity index (χ3v) is 4.54. The number of H-pyrrole nitrogens is 1. The molecule has 148 valence electrons. The van der Waals surface area contributed by atoms with Crippen LogP contribution < -0.4 is 26.1 Å². The number of hydrogen-bond donors (Lipinski definition) is 3. The van der Waals surface area contributed by atoms with Crippen molar-refractivity contribution in [2.24, 2.45) is 4.99 Å². The number of anilines is 1. The maximum atomic E-state index is 12.1. The van der Waals surface area contributed by atoms with Gasteiger partial charge in [0.05, 0.1) is 19.8 Å². The average Bonchev–Trinajstić information content (AvgIpc) is 3.09. The number of carbonyl (C=O) groups excluding carboxylic acids is 1. The minimum Gasteiger partial charge on any atom is -0.493 e. The lowest BCUT2D eigenvalue weighted by molar-refractivity contribution is -0.121. The number of carbonyl (C=O) groups is 1. The molecular weight excluding hydrogens is 362 g/mol. The van der Waals surface area contributed by atoms with Crippen molar-refractivity contribution in [3.05, 3.63) is 39.7 Å². The van der Waals surface area contributed by atoms with Crippen LogP contribution in [-0.4, -0.2) is 42.9 Å². The third kappa shape index (κ3) is 4.30. The van der Waals surface area contributed by atoms with Crippen LogP contribution in [0.1, 0.15) is 29.9 Å². The first-order valence-corrected chi connectivity index (χ1v) is 8.93. The van der Waals surface area contributed by atoms with Gasteiger partial charge in [-0.05, 0) is 30.5 Å². The van der Waals surface area contributed by atoms with Gasteiger partial charge in [-0.2, -0.15) is 4.98 Å². The fraction of sp³-hybridized carbons (Fsp3) is 0.368. The Kier molecular flexibility index (Phi) is 5.93. The standard InChI is InChI=1S/C19H23N5O4/c1-27-13-7-6-11(8-14(13)28-2)4-3-5-15(25)21-9-12-10-22-17-16(12)18(26)24-19(20)23-17/h6-8,10,12H,3-5,9H2,1-2H3,(H,21,25)(H3,20,23,24,26). The third-order valence-electron chi connectivity index (χ3n) is 4.54. The summed E-state index contributed by atoms with van der Waals surface area (Å²) in [6, 6.07) is 5.72. The molecule has 2 aromatic rings. The van der Waals surface area contributed by atoms with E-state index in [4.69, 9.17) is 15.2 Å². The van der Waals surface area contributed by atoms with Crippen LogP contribution in [0.5, 0.6) is 11.5 Å². The molecule has 0 saturated carbocycles. The van der Waals surface area contributed by atoms with E-state index in [9.17, 15) is 9.59 Å². The number of aromatic nitrogens is 2. The molecular formula is C19H23N5O4. The quantitative estimate of drug-likeness (QED) is 0.628. The molecule has 1 aromatic heterocycles. The fourth-order valence-electron chi connectivity index (χ4n) is 3.11. The Labute approximate surface area is 162 Å². The molecule has 1 aromatic carbocycles. The van der Waals surface area contributed by atoms with Gasteiger partial charge in [0.1, 0.15) is 0 Å². The monoisotopic (exact) mass is 385 g/mol. The van der Waals surface area contributed by atoms with Crippen LogP contribution in [-0.2, 0) is 11.2 Å². The van der Waals surface area contributed by atoms with Crippen molar-refractivity contribution < 1.29 is 14.3 Å². The van der Waals surface area contributed by atoms with E-state index in [1.165, 1.54) is 0 Å². The topological polar surface area (TPSA) is 132 Å². The van der Waals surface area contributed by atoms with Crippen LogP contribution in [0.2, 0.25) is 0 Å². The van der Waals surface area contributed by atoms with Crippen LogP contribution in [0.4, 0.5) is 11.8 Å². The van der Waals surface area contributed by atoms with Crippen LogP contribution >= 0.6 is 0 Å². The lowest BCUT2D eigenvalue weighted by Gasteiger charge is -2.11. The predicted molar refractivity (Wildman–Crippen MR) is 106 cm³/mol. The summed E-state index contributed by atoms with van der Waals surface area (Å²) < 4.78 is 10.5. The number of fused-ring (bicyclic) bond motifs is 1. The molecule has 0 radical (unpaired) electrons. The summed E-state index contributed by atoms with van der Waals surface area (Å²) in [5, 5.41) is 2.85. The van der Waals surface area contributed by atoms with Gasteiger partial charge in [-0.25, -0.2) is 4.99 Å². The Morgan fingerprint density at radius 2 is 2.07 bits per heavy atom. The first-order chi connectivity index (χ1) is 13.5. The second-order valence-electron chi connectivity index (χ2n) is 6.42. The molecule has 9 heteroatoms. The molecule has 28 heavy (non-hydrogen) atoms. The highest BCUT2D eigenvalue weighted by atomic mass is 16.5. The van der Waals surface area contributed by atoms with Gasteiger partial charge in [-0.15, -0.1) is 0 Å². The molecule has 2 heterocycles. The normalized spacial score (nSPS) is 14.6. The lowest BCUT2D eigenvalue weighted by Crippen LogP contribution is -2.30. The molecule has 1 unspecified atom stereocenters. The molecule has 0 bridgehead atoms. The summed E-state index contributed by atoms with van der Waals surface area (Å²) in [5.74, 6) is 1.30. The van der Waals surface area contributed by atoms with E-state index in [0.717, 1.165) is 12.0 Å². The number of nitrogens with zero attached hydrogens (tertiary/aromatic N) is 2. The molecule has 1 amide bonds. The number of benzene rings is 1. The van der Waals surface area contributed by atoms with E-state index >= 15 is 0 Å². The van der Waals surface area contributed by atoms with Crippen molar-refractivity contribution in [1.82, 2.24) is 15.3 Å². The summed E-state index contributed by atoms with van der Waals surface area (Å²) in [6.45, 7) is 0.292. The number of rotatable bonds is 8. The summed E-state index contributed by atoms with van der Waals surface area (Å²) >= 11 is 0. The summed E-state index contributed by atoms with van der Waals surface area (Å²) in [5.41, 5.74) is 6.68. The van der Waals surface area contributed by atoms with Gasteiger partial charge >= 0.3 is 0 Å². The molecule has 4 N–H and O–H groups in total. The summed E-state index contributed by atoms with van der Waals surface area (Å²) in [4.78, 5) is 34.7. The molecule has 3 rings (SSSR count). The number of aryl methyl sites for hydroxylation is 1. The highest BCUT2D eigenvalue weighted by Crippen LogP contribution is 2.28. The zero-order valence-electron chi connectivity index (χ0n) is 15.8. The largest absolute Gasteiger partial charge is 0.493 e. The lowest BCUT2D eigenvalue weighted by atomic mass is 10.0. The van der Waals surface area contributed by atoms with E-state index in [0.29, 0.717) is 42.3 Å². The molecule has 0 spiro atoms. The Balaban J connectivity index is 1.48. The molecule has 0 fully saturated rings. The van der Waals surface area contributed by atoms with Gasteiger partial charge in [0, 0.05) is 25.1 Å². The van der Waals surface area contributed by atoms with Crippen LogP contribution in [0.15, 0.2) is 28.0 Å². The smallest absolute Gasteiger partial charge is 0.258 e. The van der Waals surface area contributed by atoms with Gasteiger partial charge in [0.25, 0.3) is 5.56 Å². The number of methoxy groups -OCH3 is 2. The summed E-state index contributed by atoms with van der Waals surface area (Å²) in [7, 11) is 3.18. The molecule has 1 aliphatic rings. The Bertz CT molecular complexity index is 954. The van der Waals surface area contributed by atoms with E-state index in [-0.39, 0.29) is 23.3 Å². The highest BCUT2D eigenvalue weighted by Gasteiger charge is 2.24. The number of nitrogens with two attached hydrogens (primary N) is 1. The molecule has 0 saturated heterocycles. The van der Waals surface area contributed by atoms with Crippen molar-refractivity contribution in [2.75, 3.05) is 26.5 Å². The number of aromatic amines is 1. The molecule has 0 aliphatic carbocycles. The van der Waals surface area contributed by atoms with E-state index < -0.39 is 0 Å². The van der Waals surface area contributed by atoms with Gasteiger partial charge in [-0.1, -0.05) is 6.07 Å².